The van der Waals surface area contributed by atoms with Gasteiger partial charge in [0.15, 0.2) is 0 Å². The van der Waals surface area contributed by atoms with Crippen molar-refractivity contribution in [3.63, 3.8) is 0 Å². The van der Waals surface area contributed by atoms with E-state index >= 15 is 0 Å². The van der Waals surface area contributed by atoms with Crippen LogP contribution in [-0.2, 0) is 11.3 Å². The zero-order valence-electron chi connectivity index (χ0n) is 11.9. The van der Waals surface area contributed by atoms with E-state index in [0.717, 1.165) is 45.4 Å². The molecular weight excluding hydrogens is 268 g/mol. The van der Waals surface area contributed by atoms with Crippen molar-refractivity contribution in [3.8, 4) is 0 Å². The van der Waals surface area contributed by atoms with Crippen LogP contribution in [0.2, 0.25) is 0 Å². The van der Waals surface area contributed by atoms with Crippen LogP contribution in [0.3, 0.4) is 0 Å². The van der Waals surface area contributed by atoms with Crippen LogP contribution in [0.1, 0.15) is 24.1 Å². The summed E-state index contributed by atoms with van der Waals surface area (Å²) >= 11 is 1.82. The molecule has 2 aliphatic heterocycles. The highest BCUT2D eigenvalue weighted by molar-refractivity contribution is 7.09. The smallest absolute Gasteiger partial charge is 0.229 e. The first-order valence-electron chi connectivity index (χ1n) is 7.38. The number of piperidine rings is 1. The second kappa shape index (κ2) is 5.70. The minimum atomic E-state index is -0.0606. The van der Waals surface area contributed by atoms with E-state index in [2.05, 4.69) is 29.0 Å². The number of carbonyl (C=O) groups is 1. The van der Waals surface area contributed by atoms with Gasteiger partial charge >= 0.3 is 0 Å². The molecule has 0 atom stereocenters. The second-order valence-electron chi connectivity index (χ2n) is 5.93. The van der Waals surface area contributed by atoms with Gasteiger partial charge in [0, 0.05) is 24.5 Å². The van der Waals surface area contributed by atoms with Gasteiger partial charge in [-0.1, -0.05) is 12.1 Å². The molecule has 0 N–H and O–H groups in total. The standard InChI is InChI=1S/C16H22N2OS/c1-2-8-18-11-7-16(15(18)19)5-9-17(10-6-16)13-14-4-3-12-20-14/h2-4,12H,1,5-11,13H2. The number of thiophene rings is 1. The molecule has 0 saturated carbocycles. The summed E-state index contributed by atoms with van der Waals surface area (Å²) in [6, 6.07) is 4.31. The molecule has 108 valence electrons. The molecule has 0 unspecified atom stereocenters. The summed E-state index contributed by atoms with van der Waals surface area (Å²) in [5.41, 5.74) is -0.0606. The highest BCUT2D eigenvalue weighted by atomic mass is 32.1. The van der Waals surface area contributed by atoms with Crippen molar-refractivity contribution in [2.45, 2.75) is 25.8 Å². The maximum Gasteiger partial charge on any atom is 0.229 e. The predicted octanol–water partition coefficient (Wildman–Crippen LogP) is 2.75. The molecule has 2 saturated heterocycles. The fourth-order valence-corrected chi connectivity index (χ4v) is 4.20. The van der Waals surface area contributed by atoms with Gasteiger partial charge in [-0.05, 0) is 43.8 Å². The molecule has 1 amide bonds. The van der Waals surface area contributed by atoms with E-state index in [1.807, 2.05) is 22.3 Å². The first-order valence-corrected chi connectivity index (χ1v) is 8.26. The molecule has 3 nitrogen and oxygen atoms in total. The number of rotatable bonds is 4. The van der Waals surface area contributed by atoms with Gasteiger partial charge in [0.1, 0.15) is 0 Å². The van der Waals surface area contributed by atoms with E-state index in [4.69, 9.17) is 0 Å². The van der Waals surface area contributed by atoms with Gasteiger partial charge in [-0.15, -0.1) is 17.9 Å². The molecule has 2 fully saturated rings. The molecule has 1 aromatic heterocycles. The first kappa shape index (κ1) is 13.8. The molecular formula is C16H22N2OS. The van der Waals surface area contributed by atoms with Crippen LogP contribution >= 0.6 is 11.3 Å². The van der Waals surface area contributed by atoms with Crippen LogP contribution < -0.4 is 0 Å². The van der Waals surface area contributed by atoms with Crippen LogP contribution in [0.15, 0.2) is 30.2 Å². The van der Waals surface area contributed by atoms with Crippen molar-refractivity contribution in [2.75, 3.05) is 26.2 Å². The first-order chi connectivity index (χ1) is 9.73. The highest BCUT2D eigenvalue weighted by Gasteiger charge is 2.47. The maximum absolute atomic E-state index is 12.6. The molecule has 2 aliphatic rings. The Labute approximate surface area is 124 Å². The van der Waals surface area contributed by atoms with Gasteiger partial charge in [-0.3, -0.25) is 9.69 Å². The Kier molecular flexibility index (Phi) is 3.94. The molecule has 0 bridgehead atoms. The van der Waals surface area contributed by atoms with Gasteiger partial charge in [0.2, 0.25) is 5.91 Å². The fourth-order valence-electron chi connectivity index (χ4n) is 3.45. The zero-order valence-corrected chi connectivity index (χ0v) is 12.7. The van der Waals surface area contributed by atoms with Crippen LogP contribution in [0.4, 0.5) is 0 Å². The number of hydrogen-bond donors (Lipinski definition) is 0. The SMILES string of the molecule is C=CCN1CCC2(CCN(Cc3cccs3)CC2)C1=O. The van der Waals surface area contributed by atoms with Crippen molar-refractivity contribution >= 4 is 17.2 Å². The van der Waals surface area contributed by atoms with Gasteiger partial charge < -0.3 is 4.90 Å². The Morgan fingerprint density at radius 3 is 2.70 bits per heavy atom. The Morgan fingerprint density at radius 2 is 2.05 bits per heavy atom. The minimum absolute atomic E-state index is 0.0606. The summed E-state index contributed by atoms with van der Waals surface area (Å²) < 4.78 is 0. The lowest BCUT2D eigenvalue weighted by molar-refractivity contribution is -0.138. The van der Waals surface area contributed by atoms with Crippen molar-refractivity contribution in [1.29, 1.82) is 0 Å². The van der Waals surface area contributed by atoms with Gasteiger partial charge in [-0.2, -0.15) is 0 Å². The normalized spacial score (nSPS) is 22.6. The summed E-state index contributed by atoms with van der Waals surface area (Å²) in [5.74, 6) is 0.369. The van der Waals surface area contributed by atoms with Crippen LogP contribution in [0, 0.1) is 5.41 Å². The molecule has 3 heterocycles. The van der Waals surface area contributed by atoms with E-state index in [9.17, 15) is 4.79 Å². The fraction of sp³-hybridized carbons (Fsp3) is 0.562. The number of nitrogens with zero attached hydrogens (tertiary/aromatic N) is 2. The largest absolute Gasteiger partial charge is 0.338 e. The molecule has 4 heteroatoms. The van der Waals surface area contributed by atoms with Crippen LogP contribution in [-0.4, -0.2) is 41.9 Å². The Balaban J connectivity index is 1.58. The van der Waals surface area contributed by atoms with Gasteiger partial charge in [0.05, 0.1) is 5.41 Å². The Hall–Kier alpha value is -1.13. The summed E-state index contributed by atoms with van der Waals surface area (Å²) in [4.78, 5) is 18.4. The third-order valence-electron chi connectivity index (χ3n) is 4.72. The van der Waals surface area contributed by atoms with Crippen molar-refractivity contribution in [3.05, 3.63) is 35.0 Å². The molecule has 3 rings (SSSR count). The van der Waals surface area contributed by atoms with Crippen LogP contribution in [0.25, 0.3) is 0 Å². The summed E-state index contributed by atoms with van der Waals surface area (Å²) in [7, 11) is 0. The summed E-state index contributed by atoms with van der Waals surface area (Å²) in [6.07, 6.45) is 4.91. The monoisotopic (exact) mass is 290 g/mol. The van der Waals surface area contributed by atoms with E-state index in [-0.39, 0.29) is 5.41 Å². The topological polar surface area (TPSA) is 23.6 Å². The van der Waals surface area contributed by atoms with Crippen molar-refractivity contribution < 1.29 is 4.79 Å². The van der Waals surface area contributed by atoms with E-state index in [0.29, 0.717) is 12.5 Å². The lowest BCUT2D eigenvalue weighted by Crippen LogP contribution is -2.44. The predicted molar refractivity (Wildman–Crippen MR) is 82.7 cm³/mol. The molecule has 0 radical (unpaired) electrons. The lowest BCUT2D eigenvalue weighted by atomic mass is 9.77. The highest BCUT2D eigenvalue weighted by Crippen LogP contribution is 2.41. The van der Waals surface area contributed by atoms with Crippen molar-refractivity contribution in [2.24, 2.45) is 5.41 Å². The quantitative estimate of drug-likeness (QED) is 0.796. The third kappa shape index (κ3) is 2.54. The number of carbonyl (C=O) groups excluding carboxylic acids is 1. The van der Waals surface area contributed by atoms with Crippen molar-refractivity contribution in [1.82, 2.24) is 9.80 Å². The Morgan fingerprint density at radius 1 is 1.30 bits per heavy atom. The zero-order chi connectivity index (χ0) is 14.0. The molecule has 0 aliphatic carbocycles. The van der Waals surface area contributed by atoms with Gasteiger partial charge in [0.25, 0.3) is 0 Å². The third-order valence-corrected chi connectivity index (χ3v) is 5.58. The summed E-state index contributed by atoms with van der Waals surface area (Å²) in [6.45, 7) is 8.50. The molecule has 1 spiro atoms. The molecule has 0 aromatic carbocycles. The number of amides is 1. The summed E-state index contributed by atoms with van der Waals surface area (Å²) in [5, 5.41) is 2.13. The van der Waals surface area contributed by atoms with Gasteiger partial charge in [-0.25, -0.2) is 0 Å². The average Bonchev–Trinajstić information content (AvgIpc) is 3.06. The number of likely N-dealkylation sites (tertiary alicyclic amines) is 2. The van der Waals surface area contributed by atoms with E-state index < -0.39 is 0 Å². The maximum atomic E-state index is 12.6. The molecule has 1 aromatic rings. The molecule has 20 heavy (non-hydrogen) atoms. The lowest BCUT2D eigenvalue weighted by Gasteiger charge is -2.37. The minimum Gasteiger partial charge on any atom is -0.338 e. The number of hydrogen-bond acceptors (Lipinski definition) is 3. The van der Waals surface area contributed by atoms with Crippen LogP contribution in [0.5, 0.6) is 0 Å². The Bertz CT molecular complexity index is 475. The van der Waals surface area contributed by atoms with E-state index in [1.54, 1.807) is 0 Å². The second-order valence-corrected chi connectivity index (χ2v) is 6.96. The van der Waals surface area contributed by atoms with E-state index in [1.165, 1.54) is 4.88 Å². The average molecular weight is 290 g/mol.